The molecule has 34 heavy (non-hydrogen) atoms. The van der Waals surface area contributed by atoms with Crippen molar-refractivity contribution in [1.82, 2.24) is 0 Å². The topological polar surface area (TPSA) is 90.2 Å². The van der Waals surface area contributed by atoms with Crippen LogP contribution in [0.1, 0.15) is 91.4 Å². The minimum atomic E-state index is -0.927. The molecule has 3 saturated carbocycles. The van der Waals surface area contributed by atoms with E-state index < -0.39 is 23.9 Å². The fourth-order valence-corrected chi connectivity index (χ4v) is 6.71. The highest BCUT2D eigenvalue weighted by atomic mass is 16.5. The van der Waals surface area contributed by atoms with Crippen molar-refractivity contribution in [1.29, 1.82) is 0 Å². The zero-order chi connectivity index (χ0) is 24.9. The molecule has 0 bridgehead atoms. The highest BCUT2D eigenvalue weighted by molar-refractivity contribution is 5.40. The van der Waals surface area contributed by atoms with E-state index in [0.29, 0.717) is 36.4 Å². The summed E-state index contributed by atoms with van der Waals surface area (Å²) in [7, 11) is 0. The smallest absolute Gasteiger partial charge is 0.114 e. The third-order valence-corrected chi connectivity index (χ3v) is 8.75. The lowest BCUT2D eigenvalue weighted by Crippen LogP contribution is -2.45. The Bertz CT molecular complexity index is 748. The molecule has 0 aromatic carbocycles. The van der Waals surface area contributed by atoms with Gasteiger partial charge in [-0.1, -0.05) is 44.1 Å². The highest BCUT2D eigenvalue weighted by Gasteiger charge is 2.48. The summed E-state index contributed by atoms with van der Waals surface area (Å²) in [5, 5.41) is 40.2. The van der Waals surface area contributed by atoms with E-state index in [1.54, 1.807) is 0 Å². The maximum absolute atomic E-state index is 10.7. The molecule has 3 aliphatic rings. The van der Waals surface area contributed by atoms with Crippen LogP contribution in [0.5, 0.6) is 0 Å². The number of hydrogen-bond acceptors (Lipinski definition) is 5. The van der Waals surface area contributed by atoms with Gasteiger partial charge in [0.15, 0.2) is 0 Å². The molecule has 1 unspecified atom stereocenters. The van der Waals surface area contributed by atoms with Crippen LogP contribution in [0.3, 0.4) is 0 Å². The second kappa shape index (κ2) is 11.8. The molecule has 0 aliphatic heterocycles. The van der Waals surface area contributed by atoms with Crippen molar-refractivity contribution >= 4 is 0 Å². The van der Waals surface area contributed by atoms with E-state index in [2.05, 4.69) is 25.7 Å². The van der Waals surface area contributed by atoms with Gasteiger partial charge >= 0.3 is 0 Å². The molecule has 0 saturated heterocycles. The average Bonchev–Trinajstić information content (AvgIpc) is 3.11. The Morgan fingerprint density at radius 2 is 1.91 bits per heavy atom. The molecule has 0 aromatic rings. The van der Waals surface area contributed by atoms with Crippen LogP contribution < -0.4 is 0 Å². The van der Waals surface area contributed by atoms with E-state index in [0.717, 1.165) is 30.8 Å². The van der Waals surface area contributed by atoms with E-state index in [4.69, 9.17) is 9.84 Å². The maximum atomic E-state index is 10.7. The summed E-state index contributed by atoms with van der Waals surface area (Å²) in [4.78, 5) is 0. The summed E-state index contributed by atoms with van der Waals surface area (Å²) in [6, 6.07) is 0. The van der Waals surface area contributed by atoms with Crippen molar-refractivity contribution in [3.63, 3.8) is 0 Å². The Labute approximate surface area is 206 Å². The molecule has 0 amide bonds. The normalized spacial score (nSPS) is 36.9. The molecule has 5 heteroatoms. The Morgan fingerprint density at radius 3 is 2.62 bits per heavy atom. The van der Waals surface area contributed by atoms with Crippen molar-refractivity contribution in [3.8, 4) is 0 Å². The summed E-state index contributed by atoms with van der Waals surface area (Å²) in [5.41, 5.74) is 2.84. The summed E-state index contributed by atoms with van der Waals surface area (Å²) < 4.78 is 5.62. The predicted octanol–water partition coefficient (Wildman–Crippen LogP) is 4.84. The minimum absolute atomic E-state index is 0.0281. The third-order valence-electron chi connectivity index (χ3n) is 8.75. The van der Waals surface area contributed by atoms with Gasteiger partial charge in [0.2, 0.25) is 0 Å². The number of ether oxygens (including phenoxy) is 1. The van der Waals surface area contributed by atoms with Crippen LogP contribution in [0.15, 0.2) is 35.5 Å². The molecule has 0 aromatic heterocycles. The lowest BCUT2D eigenvalue weighted by Gasteiger charge is -2.42. The van der Waals surface area contributed by atoms with Gasteiger partial charge in [-0.25, -0.2) is 0 Å². The molecule has 5 nitrogen and oxygen atoms in total. The summed E-state index contributed by atoms with van der Waals surface area (Å²) in [6.07, 6.45) is 13.4. The largest absolute Gasteiger partial charge is 0.396 e. The fraction of sp³-hybridized carbons (Fsp3) is 0.793. The quantitative estimate of drug-likeness (QED) is 0.339. The molecule has 6 atom stereocenters. The number of allylic oxidation sites excluding steroid dienone is 3. The number of fused-ring (bicyclic) bond motifs is 1. The summed E-state index contributed by atoms with van der Waals surface area (Å²) >= 11 is 0. The van der Waals surface area contributed by atoms with Crippen LogP contribution >= 0.6 is 0 Å². The third kappa shape index (κ3) is 6.61. The van der Waals surface area contributed by atoms with Gasteiger partial charge < -0.3 is 25.2 Å². The van der Waals surface area contributed by atoms with Gasteiger partial charge in [0, 0.05) is 19.6 Å². The van der Waals surface area contributed by atoms with Crippen LogP contribution in [-0.2, 0) is 4.74 Å². The van der Waals surface area contributed by atoms with E-state index in [9.17, 15) is 15.3 Å². The van der Waals surface area contributed by atoms with E-state index in [-0.39, 0.29) is 6.61 Å². The number of rotatable bonds is 10. The molecule has 0 radical (unpaired) electrons. The monoisotopic (exact) mass is 476 g/mol. The maximum Gasteiger partial charge on any atom is 0.114 e. The highest BCUT2D eigenvalue weighted by Crippen LogP contribution is 2.58. The van der Waals surface area contributed by atoms with Gasteiger partial charge in [-0.05, 0) is 93.6 Å². The van der Waals surface area contributed by atoms with Crippen LogP contribution in [0.25, 0.3) is 0 Å². The SMILES string of the molecule is C=C1/C(=C\C=C2/CCC[C@@]3(C)C2CC[C@@H]3CCCCC(C)(C)O)C[C@@H](O)[C@@H](OCCCO)[C@@H]1O. The zero-order valence-electron chi connectivity index (χ0n) is 21.6. The lowest BCUT2D eigenvalue weighted by molar-refractivity contribution is -0.0968. The Kier molecular flexibility index (Phi) is 9.61. The molecular formula is C29H48O5. The Balaban J connectivity index is 1.63. The predicted molar refractivity (Wildman–Crippen MR) is 136 cm³/mol. The molecule has 0 spiro atoms. The van der Waals surface area contributed by atoms with Crippen LogP contribution in [0.2, 0.25) is 0 Å². The summed E-state index contributed by atoms with van der Waals surface area (Å²) in [6.45, 7) is 10.7. The average molecular weight is 477 g/mol. The van der Waals surface area contributed by atoms with Gasteiger partial charge in [-0.15, -0.1) is 0 Å². The first kappa shape index (κ1) is 27.6. The second-order valence-electron chi connectivity index (χ2n) is 11.8. The van der Waals surface area contributed by atoms with E-state index in [1.807, 2.05) is 13.8 Å². The molecular weight excluding hydrogens is 428 g/mol. The molecule has 194 valence electrons. The van der Waals surface area contributed by atoms with Crippen molar-refractivity contribution in [3.05, 3.63) is 35.5 Å². The van der Waals surface area contributed by atoms with Crippen molar-refractivity contribution in [2.75, 3.05) is 13.2 Å². The number of aliphatic hydroxyl groups excluding tert-OH is 3. The first-order chi connectivity index (χ1) is 16.1. The molecule has 0 heterocycles. The van der Waals surface area contributed by atoms with Crippen molar-refractivity contribution in [2.45, 2.75) is 115 Å². The van der Waals surface area contributed by atoms with Gasteiger partial charge in [0.25, 0.3) is 0 Å². The molecule has 4 N–H and O–H groups in total. The Hall–Kier alpha value is -0.980. The van der Waals surface area contributed by atoms with Crippen molar-refractivity contribution in [2.24, 2.45) is 17.3 Å². The van der Waals surface area contributed by atoms with Gasteiger partial charge in [-0.2, -0.15) is 0 Å². The van der Waals surface area contributed by atoms with E-state index >= 15 is 0 Å². The zero-order valence-corrected chi connectivity index (χ0v) is 21.6. The lowest BCUT2D eigenvalue weighted by atomic mass is 9.62. The summed E-state index contributed by atoms with van der Waals surface area (Å²) in [5.74, 6) is 1.36. The van der Waals surface area contributed by atoms with Gasteiger partial charge in [0.05, 0.1) is 11.7 Å². The number of hydrogen-bond donors (Lipinski definition) is 4. The first-order valence-corrected chi connectivity index (χ1v) is 13.5. The van der Waals surface area contributed by atoms with Crippen molar-refractivity contribution < 1.29 is 25.2 Å². The van der Waals surface area contributed by atoms with Crippen LogP contribution in [0.4, 0.5) is 0 Å². The van der Waals surface area contributed by atoms with Crippen LogP contribution in [-0.4, -0.2) is 57.6 Å². The van der Waals surface area contributed by atoms with E-state index in [1.165, 1.54) is 44.1 Å². The number of unbranched alkanes of at least 4 members (excludes halogenated alkanes) is 1. The molecule has 3 fully saturated rings. The van der Waals surface area contributed by atoms with Crippen LogP contribution in [0, 0.1) is 17.3 Å². The molecule has 3 aliphatic carbocycles. The Morgan fingerprint density at radius 1 is 1.15 bits per heavy atom. The first-order valence-electron chi connectivity index (χ1n) is 13.5. The van der Waals surface area contributed by atoms with Gasteiger partial charge in [-0.3, -0.25) is 0 Å². The standard InChI is InChI=1S/C29H48O5/c1-20-22(19-25(31)27(26(20)32)34-18-8-17-30)12-11-21-9-7-16-29(4)23(13-14-24(21)29)10-5-6-15-28(2,3)33/h11-12,23-27,30-33H,1,5-10,13-19H2,2-4H3/b21-11+,22-12-/t23-,24?,25+,26+,27+,29+/m0/s1. The minimum Gasteiger partial charge on any atom is -0.396 e. The fourth-order valence-electron chi connectivity index (χ4n) is 6.71. The second-order valence-corrected chi connectivity index (χ2v) is 11.8. The number of aliphatic hydroxyl groups is 4. The van der Waals surface area contributed by atoms with Gasteiger partial charge in [0.1, 0.15) is 12.2 Å². The molecule has 3 rings (SSSR count).